The van der Waals surface area contributed by atoms with Gasteiger partial charge in [0.15, 0.2) is 5.69 Å². The number of benzene rings is 1. The summed E-state index contributed by atoms with van der Waals surface area (Å²) in [6.07, 6.45) is -3.82. The van der Waals surface area contributed by atoms with E-state index in [1.165, 1.54) is 0 Å². The predicted molar refractivity (Wildman–Crippen MR) is 103 cm³/mol. The van der Waals surface area contributed by atoms with Gasteiger partial charge in [-0.15, -0.1) is 0 Å². The number of nitrogens with zero attached hydrogens (tertiary/aromatic N) is 2. The minimum absolute atomic E-state index is 0.0594. The van der Waals surface area contributed by atoms with Gasteiger partial charge < -0.3 is 4.74 Å². The molecule has 0 radical (unpaired) electrons. The van der Waals surface area contributed by atoms with Crippen molar-refractivity contribution < 1.29 is 22.7 Å². The number of rotatable bonds is 1. The van der Waals surface area contributed by atoms with Gasteiger partial charge in [0, 0.05) is 28.4 Å². The lowest BCUT2D eigenvalue weighted by Crippen LogP contribution is -2.33. The first-order chi connectivity index (χ1) is 12.5. The van der Waals surface area contributed by atoms with Crippen molar-refractivity contribution >= 4 is 28.7 Å². The number of fused-ring (bicyclic) bond motifs is 1. The Labute approximate surface area is 168 Å². The molecule has 0 atom stereocenters. The van der Waals surface area contributed by atoms with Crippen LogP contribution in [-0.2, 0) is 24.0 Å². The van der Waals surface area contributed by atoms with Gasteiger partial charge in [-0.3, -0.25) is 9.88 Å². The van der Waals surface area contributed by atoms with Crippen molar-refractivity contribution in [2.24, 2.45) is 0 Å². The summed E-state index contributed by atoms with van der Waals surface area (Å²) >= 11 is 1.88. The molecule has 0 spiro atoms. The zero-order chi connectivity index (χ0) is 20.0. The van der Waals surface area contributed by atoms with Crippen molar-refractivity contribution in [1.82, 2.24) is 9.88 Å². The summed E-state index contributed by atoms with van der Waals surface area (Å²) in [6, 6.07) is 6.66. The summed E-state index contributed by atoms with van der Waals surface area (Å²) in [5.74, 6) is 0. The highest BCUT2D eigenvalue weighted by Crippen LogP contribution is 2.39. The molecule has 1 aromatic carbocycles. The molecule has 0 N–H and O–H groups in total. The van der Waals surface area contributed by atoms with E-state index in [1.54, 1.807) is 49.9 Å². The Balaban J connectivity index is 1.93. The van der Waals surface area contributed by atoms with Gasteiger partial charge in [-0.1, -0.05) is 12.1 Å². The third kappa shape index (κ3) is 4.36. The molecule has 8 heteroatoms. The first-order valence-electron chi connectivity index (χ1n) is 8.27. The summed E-state index contributed by atoms with van der Waals surface area (Å²) in [6.45, 7) is 6.04. The van der Waals surface area contributed by atoms with E-state index in [0.717, 1.165) is 17.3 Å². The molecule has 2 heterocycles. The number of halogens is 4. The van der Waals surface area contributed by atoms with Gasteiger partial charge in [0.2, 0.25) is 0 Å². The lowest BCUT2D eigenvalue weighted by atomic mass is 9.99. The average molecular weight is 490 g/mol. The van der Waals surface area contributed by atoms with Crippen LogP contribution in [0.5, 0.6) is 0 Å². The Kier molecular flexibility index (Phi) is 5.13. The van der Waals surface area contributed by atoms with Crippen LogP contribution in [0.4, 0.5) is 18.0 Å². The second kappa shape index (κ2) is 6.96. The fourth-order valence-electron chi connectivity index (χ4n) is 2.93. The van der Waals surface area contributed by atoms with E-state index in [-0.39, 0.29) is 5.56 Å². The number of alkyl halides is 3. The van der Waals surface area contributed by atoms with E-state index < -0.39 is 23.6 Å². The first-order valence-corrected chi connectivity index (χ1v) is 9.35. The Morgan fingerprint density at radius 3 is 2.44 bits per heavy atom. The standard InChI is InChI=1S/C19H18F3IN2O2/c1-18(2,3)27-17(26)25-9-12-5-4-11(8-13(12)10-25)15-14(23)6-7-24-16(15)19(20,21)22/h4-8H,9-10H2,1-3H3. The summed E-state index contributed by atoms with van der Waals surface area (Å²) in [5.41, 5.74) is 0.693. The Morgan fingerprint density at radius 2 is 1.81 bits per heavy atom. The lowest BCUT2D eigenvalue weighted by Gasteiger charge is -2.24. The zero-order valence-corrected chi connectivity index (χ0v) is 17.2. The fourth-order valence-corrected chi connectivity index (χ4v) is 3.66. The number of hydrogen-bond donors (Lipinski definition) is 0. The van der Waals surface area contributed by atoms with Gasteiger partial charge >= 0.3 is 12.3 Å². The highest BCUT2D eigenvalue weighted by atomic mass is 127. The zero-order valence-electron chi connectivity index (χ0n) is 15.0. The van der Waals surface area contributed by atoms with E-state index >= 15 is 0 Å². The maximum absolute atomic E-state index is 13.4. The largest absolute Gasteiger partial charge is 0.444 e. The van der Waals surface area contributed by atoms with Crippen molar-refractivity contribution in [3.8, 4) is 11.1 Å². The molecular formula is C19H18F3IN2O2. The number of ether oxygens (including phenoxy) is 1. The van der Waals surface area contributed by atoms with Crippen LogP contribution in [-0.4, -0.2) is 21.6 Å². The van der Waals surface area contributed by atoms with E-state index in [4.69, 9.17) is 4.74 Å². The van der Waals surface area contributed by atoms with Gasteiger partial charge in [0.25, 0.3) is 0 Å². The van der Waals surface area contributed by atoms with Crippen LogP contribution in [0.1, 0.15) is 37.6 Å². The number of carbonyl (C=O) groups is 1. The lowest BCUT2D eigenvalue weighted by molar-refractivity contribution is -0.140. The summed E-state index contributed by atoms with van der Waals surface area (Å²) in [7, 11) is 0. The molecule has 0 fully saturated rings. The molecule has 0 saturated carbocycles. The molecule has 144 valence electrons. The maximum atomic E-state index is 13.4. The molecule has 1 aliphatic rings. The van der Waals surface area contributed by atoms with Crippen molar-refractivity contribution in [3.63, 3.8) is 0 Å². The molecule has 0 unspecified atom stereocenters. The van der Waals surface area contributed by atoms with Crippen LogP contribution in [0.2, 0.25) is 0 Å². The fraction of sp³-hybridized carbons (Fsp3) is 0.368. The minimum atomic E-state index is -4.54. The topological polar surface area (TPSA) is 42.4 Å². The molecular weight excluding hydrogens is 472 g/mol. The summed E-state index contributed by atoms with van der Waals surface area (Å²) in [5, 5.41) is 0. The molecule has 0 saturated heterocycles. The molecule has 0 aliphatic carbocycles. The molecule has 0 bridgehead atoms. The third-order valence-corrected chi connectivity index (χ3v) is 4.94. The van der Waals surface area contributed by atoms with E-state index in [0.29, 0.717) is 22.2 Å². The van der Waals surface area contributed by atoms with E-state index in [2.05, 4.69) is 4.98 Å². The van der Waals surface area contributed by atoms with Crippen LogP contribution in [0, 0.1) is 3.57 Å². The van der Waals surface area contributed by atoms with Gasteiger partial charge in [-0.25, -0.2) is 4.79 Å². The Bertz CT molecular complexity index is 891. The smallest absolute Gasteiger partial charge is 0.433 e. The van der Waals surface area contributed by atoms with Crippen molar-refractivity contribution in [2.75, 3.05) is 0 Å². The monoisotopic (exact) mass is 490 g/mol. The molecule has 1 aromatic heterocycles. The second-order valence-electron chi connectivity index (χ2n) is 7.33. The van der Waals surface area contributed by atoms with Gasteiger partial charge in [-0.05, 0) is 72.2 Å². The van der Waals surface area contributed by atoms with Crippen molar-refractivity contribution in [1.29, 1.82) is 0 Å². The third-order valence-electron chi connectivity index (χ3n) is 4.04. The SMILES string of the molecule is CC(C)(C)OC(=O)N1Cc2ccc(-c3c(I)ccnc3C(F)(F)F)cc2C1. The predicted octanol–water partition coefficient (Wildman–Crippen LogP) is 5.62. The molecule has 4 nitrogen and oxygen atoms in total. The number of hydrogen-bond acceptors (Lipinski definition) is 3. The highest BCUT2D eigenvalue weighted by Gasteiger charge is 2.37. The van der Waals surface area contributed by atoms with E-state index in [1.807, 2.05) is 22.6 Å². The average Bonchev–Trinajstić information content (AvgIpc) is 2.95. The number of amides is 1. The number of pyridine rings is 1. The quantitative estimate of drug-likeness (QED) is 0.488. The molecule has 1 amide bonds. The van der Waals surface area contributed by atoms with Gasteiger partial charge in [-0.2, -0.15) is 13.2 Å². The number of aromatic nitrogens is 1. The normalized spacial score (nSPS) is 14.3. The van der Waals surface area contributed by atoms with Crippen LogP contribution >= 0.6 is 22.6 Å². The molecule has 3 rings (SSSR count). The minimum Gasteiger partial charge on any atom is -0.444 e. The van der Waals surface area contributed by atoms with Crippen LogP contribution in [0.15, 0.2) is 30.5 Å². The van der Waals surface area contributed by atoms with Crippen LogP contribution in [0.3, 0.4) is 0 Å². The van der Waals surface area contributed by atoms with Gasteiger partial charge in [0.1, 0.15) is 5.60 Å². The van der Waals surface area contributed by atoms with E-state index in [9.17, 15) is 18.0 Å². The number of carbonyl (C=O) groups excluding carboxylic acids is 1. The van der Waals surface area contributed by atoms with Crippen molar-refractivity contribution in [2.45, 2.75) is 45.6 Å². The second-order valence-corrected chi connectivity index (χ2v) is 8.50. The summed E-state index contributed by atoms with van der Waals surface area (Å²) in [4.78, 5) is 17.4. The van der Waals surface area contributed by atoms with Gasteiger partial charge in [0.05, 0.1) is 0 Å². The van der Waals surface area contributed by atoms with Crippen molar-refractivity contribution in [3.05, 3.63) is 50.9 Å². The van der Waals surface area contributed by atoms with Crippen LogP contribution < -0.4 is 0 Å². The molecule has 2 aromatic rings. The molecule has 1 aliphatic heterocycles. The van der Waals surface area contributed by atoms with Crippen LogP contribution in [0.25, 0.3) is 11.1 Å². The Hall–Kier alpha value is -1.84. The maximum Gasteiger partial charge on any atom is 0.433 e. The summed E-state index contributed by atoms with van der Waals surface area (Å²) < 4.78 is 46.0. The molecule has 27 heavy (non-hydrogen) atoms. The first kappa shape index (κ1) is 19.9. The Morgan fingerprint density at radius 1 is 1.15 bits per heavy atom. The highest BCUT2D eigenvalue weighted by molar-refractivity contribution is 14.1.